The lowest BCUT2D eigenvalue weighted by Gasteiger charge is -2.25. The lowest BCUT2D eigenvalue weighted by molar-refractivity contribution is -0.122. The van der Waals surface area contributed by atoms with Gasteiger partial charge in [0.1, 0.15) is 18.2 Å². The van der Waals surface area contributed by atoms with Gasteiger partial charge < -0.3 is 14.5 Å². The van der Waals surface area contributed by atoms with Crippen molar-refractivity contribution >= 4 is 16.8 Å². The van der Waals surface area contributed by atoms with Gasteiger partial charge in [0.25, 0.3) is 0 Å². The largest absolute Gasteiger partial charge is 0.350 e. The summed E-state index contributed by atoms with van der Waals surface area (Å²) >= 11 is 0. The molecule has 0 radical (unpaired) electrons. The number of amides is 1. The monoisotopic (exact) mass is 323 g/mol. The molecule has 0 unspecified atom stereocenters. The maximum Gasteiger partial charge on any atom is 0.240 e. The molecule has 1 aliphatic rings. The molecule has 124 valence electrons. The zero-order chi connectivity index (χ0) is 16.7. The van der Waals surface area contributed by atoms with Crippen molar-refractivity contribution in [3.05, 3.63) is 47.7 Å². The number of fused-ring (bicyclic) bond motifs is 2. The van der Waals surface area contributed by atoms with Gasteiger partial charge in [-0.25, -0.2) is 0 Å². The zero-order valence-electron chi connectivity index (χ0n) is 14.0. The molecule has 0 spiro atoms. The second-order valence-electron chi connectivity index (χ2n) is 6.51. The summed E-state index contributed by atoms with van der Waals surface area (Å²) in [5, 5.41) is 12.6. The molecule has 1 aromatic carbocycles. The van der Waals surface area contributed by atoms with Crippen molar-refractivity contribution in [2.45, 2.75) is 45.8 Å². The molecule has 1 atom stereocenters. The Labute approximate surface area is 140 Å². The summed E-state index contributed by atoms with van der Waals surface area (Å²) in [5.74, 6) is 1.99. The van der Waals surface area contributed by atoms with Crippen molar-refractivity contribution < 1.29 is 4.79 Å². The summed E-state index contributed by atoms with van der Waals surface area (Å²) in [6.07, 6.45) is 1.77. The van der Waals surface area contributed by atoms with E-state index in [4.69, 9.17) is 0 Å². The molecular formula is C18H21N5O. The maximum atomic E-state index is 12.5. The summed E-state index contributed by atoms with van der Waals surface area (Å²) in [6, 6.07) is 10.4. The number of aryl methyl sites for hydroxylation is 3. The topological polar surface area (TPSA) is 64.7 Å². The number of carbonyl (C=O) groups is 1. The van der Waals surface area contributed by atoms with E-state index in [0.717, 1.165) is 42.2 Å². The fraction of sp³-hybridized carbons (Fsp3) is 0.389. The van der Waals surface area contributed by atoms with Crippen LogP contribution in [0, 0.1) is 13.8 Å². The van der Waals surface area contributed by atoms with Crippen LogP contribution in [0.4, 0.5) is 0 Å². The van der Waals surface area contributed by atoms with Gasteiger partial charge in [0.2, 0.25) is 5.91 Å². The average Bonchev–Trinajstić information content (AvgIpc) is 3.09. The van der Waals surface area contributed by atoms with Crippen LogP contribution >= 0.6 is 0 Å². The van der Waals surface area contributed by atoms with Crippen LogP contribution in [-0.4, -0.2) is 31.3 Å². The molecule has 0 aliphatic carbocycles. The van der Waals surface area contributed by atoms with Gasteiger partial charge in [-0.3, -0.25) is 4.79 Å². The van der Waals surface area contributed by atoms with Crippen LogP contribution in [0.1, 0.15) is 23.8 Å². The van der Waals surface area contributed by atoms with E-state index in [9.17, 15) is 4.79 Å². The minimum absolute atomic E-state index is 0.0543. The lowest BCUT2D eigenvalue weighted by atomic mass is 10.1. The summed E-state index contributed by atoms with van der Waals surface area (Å²) in [6.45, 7) is 5.10. The van der Waals surface area contributed by atoms with E-state index >= 15 is 0 Å². The predicted octanol–water partition coefficient (Wildman–Crippen LogP) is 1.98. The Balaban J connectivity index is 1.47. The first-order valence-corrected chi connectivity index (χ1v) is 8.35. The van der Waals surface area contributed by atoms with Crippen LogP contribution < -0.4 is 5.32 Å². The van der Waals surface area contributed by atoms with Gasteiger partial charge in [0, 0.05) is 30.2 Å². The molecule has 3 aromatic rings. The first-order chi connectivity index (χ1) is 11.6. The molecule has 1 amide bonds. The van der Waals surface area contributed by atoms with Gasteiger partial charge in [-0.15, -0.1) is 10.2 Å². The Kier molecular flexibility index (Phi) is 3.59. The molecule has 1 N–H and O–H groups in total. The third-order valence-electron chi connectivity index (χ3n) is 4.82. The number of benzene rings is 1. The standard InChI is InChI=1S/C18H21N5O/c1-12-9-14-5-3-4-6-16(14)22(12)11-18(24)19-15-7-8-17-21-20-13(2)23(17)10-15/h3-6,9,15H,7-8,10-11H2,1-2H3,(H,19,24)/t15-/m1/s1. The first kappa shape index (κ1) is 14.9. The number of carbonyl (C=O) groups excluding carboxylic acids is 1. The van der Waals surface area contributed by atoms with Crippen molar-refractivity contribution in [3.8, 4) is 0 Å². The van der Waals surface area contributed by atoms with Crippen LogP contribution in [0.2, 0.25) is 0 Å². The van der Waals surface area contributed by atoms with E-state index in [0.29, 0.717) is 6.54 Å². The van der Waals surface area contributed by atoms with Gasteiger partial charge in [-0.2, -0.15) is 0 Å². The van der Waals surface area contributed by atoms with Crippen LogP contribution in [0.5, 0.6) is 0 Å². The molecule has 0 saturated carbocycles. The van der Waals surface area contributed by atoms with Gasteiger partial charge in [0.15, 0.2) is 0 Å². The van der Waals surface area contributed by atoms with Crippen molar-refractivity contribution in [1.82, 2.24) is 24.6 Å². The van der Waals surface area contributed by atoms with E-state index in [-0.39, 0.29) is 11.9 Å². The van der Waals surface area contributed by atoms with Gasteiger partial charge in [0.05, 0.1) is 0 Å². The normalized spacial score (nSPS) is 17.0. The Morgan fingerprint density at radius 3 is 3.00 bits per heavy atom. The highest BCUT2D eigenvalue weighted by atomic mass is 16.2. The van der Waals surface area contributed by atoms with Crippen LogP contribution in [-0.2, 0) is 24.3 Å². The second-order valence-corrected chi connectivity index (χ2v) is 6.51. The van der Waals surface area contributed by atoms with Gasteiger partial charge >= 0.3 is 0 Å². The van der Waals surface area contributed by atoms with Crippen LogP contribution in [0.15, 0.2) is 30.3 Å². The molecule has 24 heavy (non-hydrogen) atoms. The molecule has 6 nitrogen and oxygen atoms in total. The summed E-state index contributed by atoms with van der Waals surface area (Å²) in [4.78, 5) is 12.5. The molecule has 0 saturated heterocycles. The number of hydrogen-bond acceptors (Lipinski definition) is 3. The van der Waals surface area contributed by atoms with E-state index in [2.05, 4.69) is 42.8 Å². The second kappa shape index (κ2) is 5.78. The van der Waals surface area contributed by atoms with Crippen molar-refractivity contribution in [1.29, 1.82) is 0 Å². The summed E-state index contributed by atoms with van der Waals surface area (Å²) in [5.41, 5.74) is 2.21. The Morgan fingerprint density at radius 2 is 2.12 bits per heavy atom. The molecule has 4 rings (SSSR count). The number of rotatable bonds is 3. The molecular weight excluding hydrogens is 302 g/mol. The third kappa shape index (κ3) is 2.58. The lowest BCUT2D eigenvalue weighted by Crippen LogP contribution is -2.42. The highest BCUT2D eigenvalue weighted by Crippen LogP contribution is 2.19. The van der Waals surface area contributed by atoms with Gasteiger partial charge in [-0.05, 0) is 37.8 Å². The minimum atomic E-state index is 0.0543. The third-order valence-corrected chi connectivity index (χ3v) is 4.82. The molecule has 1 aliphatic heterocycles. The summed E-state index contributed by atoms with van der Waals surface area (Å²) in [7, 11) is 0. The quantitative estimate of drug-likeness (QED) is 0.801. The Hall–Kier alpha value is -2.63. The number of aromatic nitrogens is 4. The highest BCUT2D eigenvalue weighted by Gasteiger charge is 2.23. The SMILES string of the molecule is Cc1nnc2n1C[C@H](NC(=O)Cn1c(C)cc3ccccc31)CC2. The number of nitrogens with zero attached hydrogens (tertiary/aromatic N) is 4. The fourth-order valence-corrected chi connectivity index (χ4v) is 3.56. The number of para-hydroxylation sites is 1. The Morgan fingerprint density at radius 1 is 1.29 bits per heavy atom. The van der Waals surface area contributed by atoms with Crippen LogP contribution in [0.25, 0.3) is 10.9 Å². The smallest absolute Gasteiger partial charge is 0.240 e. The Bertz CT molecular complexity index is 907. The van der Waals surface area contributed by atoms with E-state index < -0.39 is 0 Å². The van der Waals surface area contributed by atoms with Crippen molar-refractivity contribution in [2.24, 2.45) is 0 Å². The number of nitrogens with one attached hydrogen (secondary N) is 1. The number of hydrogen-bond donors (Lipinski definition) is 1. The molecule has 0 bridgehead atoms. The first-order valence-electron chi connectivity index (χ1n) is 8.35. The fourth-order valence-electron chi connectivity index (χ4n) is 3.56. The molecule has 3 heterocycles. The molecule has 6 heteroatoms. The summed E-state index contributed by atoms with van der Waals surface area (Å²) < 4.78 is 4.17. The zero-order valence-corrected chi connectivity index (χ0v) is 14.0. The predicted molar refractivity (Wildman–Crippen MR) is 91.7 cm³/mol. The molecule has 2 aromatic heterocycles. The van der Waals surface area contributed by atoms with E-state index in [1.54, 1.807) is 0 Å². The van der Waals surface area contributed by atoms with Gasteiger partial charge in [-0.1, -0.05) is 18.2 Å². The maximum absolute atomic E-state index is 12.5. The minimum Gasteiger partial charge on any atom is -0.350 e. The van der Waals surface area contributed by atoms with Crippen molar-refractivity contribution in [3.63, 3.8) is 0 Å². The van der Waals surface area contributed by atoms with Crippen molar-refractivity contribution in [2.75, 3.05) is 0 Å². The average molecular weight is 323 g/mol. The van der Waals surface area contributed by atoms with E-state index in [1.807, 2.05) is 26.0 Å². The van der Waals surface area contributed by atoms with E-state index in [1.165, 1.54) is 5.39 Å². The highest BCUT2D eigenvalue weighted by molar-refractivity contribution is 5.84. The van der Waals surface area contributed by atoms with Crippen LogP contribution in [0.3, 0.4) is 0 Å². The molecule has 0 fully saturated rings.